The molecule has 1 aliphatic heterocycles. The van der Waals surface area contributed by atoms with Crippen LogP contribution in [0.15, 0.2) is 18.2 Å². The van der Waals surface area contributed by atoms with Crippen molar-refractivity contribution >= 4 is 5.78 Å². The third kappa shape index (κ3) is 3.57. The second-order valence-corrected chi connectivity index (χ2v) is 5.47. The van der Waals surface area contributed by atoms with E-state index >= 15 is 0 Å². The Kier molecular flexibility index (Phi) is 5.12. The molecule has 1 saturated heterocycles. The van der Waals surface area contributed by atoms with E-state index in [9.17, 15) is 14.3 Å². The summed E-state index contributed by atoms with van der Waals surface area (Å²) >= 11 is 0. The van der Waals surface area contributed by atoms with Crippen LogP contribution in [-0.4, -0.2) is 34.9 Å². The van der Waals surface area contributed by atoms with E-state index in [2.05, 4.69) is 11.8 Å². The van der Waals surface area contributed by atoms with Crippen LogP contribution in [0.1, 0.15) is 49.4 Å². The van der Waals surface area contributed by atoms with Crippen LogP contribution in [0.5, 0.6) is 5.75 Å². The largest absolute Gasteiger partial charge is 0.507 e. The Labute approximate surface area is 119 Å². The zero-order valence-corrected chi connectivity index (χ0v) is 11.9. The Balaban J connectivity index is 2.11. The van der Waals surface area contributed by atoms with Crippen LogP contribution in [0.2, 0.25) is 0 Å². The fourth-order valence-electron chi connectivity index (χ4n) is 2.91. The Hall–Kier alpha value is -1.42. The molecule has 1 fully saturated rings. The number of ketones is 1. The van der Waals surface area contributed by atoms with Gasteiger partial charge in [0.05, 0.1) is 12.1 Å². The van der Waals surface area contributed by atoms with E-state index < -0.39 is 5.82 Å². The number of carbonyl (C=O) groups excluding carboxylic acids is 1. The molecule has 110 valence electrons. The van der Waals surface area contributed by atoms with Crippen molar-refractivity contribution in [2.75, 3.05) is 13.1 Å². The monoisotopic (exact) mass is 279 g/mol. The van der Waals surface area contributed by atoms with Gasteiger partial charge in [-0.15, -0.1) is 0 Å². The average molecular weight is 279 g/mol. The molecule has 1 aromatic rings. The zero-order valence-electron chi connectivity index (χ0n) is 11.9. The lowest BCUT2D eigenvalue weighted by Gasteiger charge is -2.28. The molecule has 3 nitrogen and oxygen atoms in total. The summed E-state index contributed by atoms with van der Waals surface area (Å²) in [5.41, 5.74) is 0.0871. The van der Waals surface area contributed by atoms with Crippen molar-refractivity contribution in [3.8, 4) is 5.75 Å². The van der Waals surface area contributed by atoms with Crippen molar-refractivity contribution in [2.24, 2.45) is 0 Å². The van der Waals surface area contributed by atoms with Crippen molar-refractivity contribution < 1.29 is 14.3 Å². The normalized spacial score (nSPS) is 20.6. The van der Waals surface area contributed by atoms with E-state index in [0.717, 1.165) is 37.9 Å². The lowest BCUT2D eigenvalue weighted by atomic mass is 10.1. The van der Waals surface area contributed by atoms with Crippen LogP contribution >= 0.6 is 0 Å². The molecule has 1 atom stereocenters. The first kappa shape index (κ1) is 15.0. The van der Waals surface area contributed by atoms with Crippen molar-refractivity contribution in [3.63, 3.8) is 0 Å². The third-order valence-electron chi connectivity index (χ3n) is 4.08. The Morgan fingerprint density at radius 1 is 1.40 bits per heavy atom. The Bertz CT molecular complexity index is 476. The van der Waals surface area contributed by atoms with Gasteiger partial charge in [0.1, 0.15) is 11.6 Å². The molecule has 0 spiro atoms. The van der Waals surface area contributed by atoms with Crippen LogP contribution in [0.4, 0.5) is 4.39 Å². The predicted molar refractivity (Wildman–Crippen MR) is 76.5 cm³/mol. The number of benzene rings is 1. The molecule has 20 heavy (non-hydrogen) atoms. The molecule has 1 aliphatic rings. The van der Waals surface area contributed by atoms with Gasteiger partial charge in [-0.25, -0.2) is 4.39 Å². The second-order valence-electron chi connectivity index (χ2n) is 5.47. The van der Waals surface area contributed by atoms with Crippen LogP contribution in [0.25, 0.3) is 0 Å². The number of rotatable bonds is 4. The maximum absolute atomic E-state index is 13.2. The molecule has 0 saturated carbocycles. The first-order valence-electron chi connectivity index (χ1n) is 7.37. The highest BCUT2D eigenvalue weighted by Gasteiger charge is 2.23. The minimum Gasteiger partial charge on any atom is -0.507 e. The number of phenols is 1. The molecule has 1 N–H and O–H groups in total. The van der Waals surface area contributed by atoms with Crippen LogP contribution in [0.3, 0.4) is 0 Å². The number of phenolic OH excluding ortho intramolecular Hbond substituents is 1. The summed E-state index contributed by atoms with van der Waals surface area (Å²) in [6, 6.07) is 3.93. The SMILES string of the molecule is CCC1CCCCCN1CC(=O)c1cc(F)ccc1O. The number of hydrogen-bond acceptors (Lipinski definition) is 3. The summed E-state index contributed by atoms with van der Waals surface area (Å²) in [6.45, 7) is 3.29. The number of Topliss-reactive ketones (excluding diaryl/α,β-unsaturated/α-hetero) is 1. The zero-order chi connectivity index (χ0) is 14.5. The minimum absolute atomic E-state index is 0.0871. The van der Waals surface area contributed by atoms with E-state index in [1.165, 1.54) is 18.9 Å². The molecule has 0 bridgehead atoms. The first-order valence-corrected chi connectivity index (χ1v) is 7.37. The number of aromatic hydroxyl groups is 1. The van der Waals surface area contributed by atoms with Crippen LogP contribution in [0, 0.1) is 5.82 Å². The summed E-state index contributed by atoms with van der Waals surface area (Å²) in [7, 11) is 0. The number of halogens is 1. The number of carbonyl (C=O) groups is 1. The van der Waals surface area contributed by atoms with Gasteiger partial charge < -0.3 is 5.11 Å². The van der Waals surface area contributed by atoms with Crippen molar-refractivity contribution in [3.05, 3.63) is 29.6 Å². The summed E-state index contributed by atoms with van der Waals surface area (Å²) in [4.78, 5) is 14.5. The molecule has 0 aromatic heterocycles. The average Bonchev–Trinajstić information content (AvgIpc) is 2.66. The molecule has 1 unspecified atom stereocenters. The first-order chi connectivity index (χ1) is 9.61. The summed E-state index contributed by atoms with van der Waals surface area (Å²) in [5, 5.41) is 9.71. The minimum atomic E-state index is -0.492. The molecular weight excluding hydrogens is 257 g/mol. The third-order valence-corrected chi connectivity index (χ3v) is 4.08. The van der Waals surface area contributed by atoms with E-state index in [-0.39, 0.29) is 23.6 Å². The highest BCUT2D eigenvalue weighted by Crippen LogP contribution is 2.22. The standard InChI is InChI=1S/C16H22FNO2/c1-2-13-6-4-3-5-9-18(13)11-16(20)14-10-12(17)7-8-15(14)19/h7-8,10,13,19H,2-6,9,11H2,1H3. The predicted octanol–water partition coefficient (Wildman–Crippen LogP) is 3.37. The molecule has 4 heteroatoms. The van der Waals surface area contributed by atoms with Crippen molar-refractivity contribution in [1.82, 2.24) is 4.90 Å². The van der Waals surface area contributed by atoms with Gasteiger partial charge in [0.25, 0.3) is 0 Å². The molecule has 0 aliphatic carbocycles. The van der Waals surface area contributed by atoms with Crippen LogP contribution in [-0.2, 0) is 0 Å². The molecule has 0 radical (unpaired) electrons. The lowest BCUT2D eigenvalue weighted by molar-refractivity contribution is 0.0887. The van der Waals surface area contributed by atoms with E-state index in [0.29, 0.717) is 6.04 Å². The van der Waals surface area contributed by atoms with E-state index in [1.54, 1.807) is 0 Å². The Morgan fingerprint density at radius 3 is 2.95 bits per heavy atom. The van der Waals surface area contributed by atoms with Crippen molar-refractivity contribution in [2.45, 2.75) is 45.1 Å². The molecule has 2 rings (SSSR count). The number of hydrogen-bond donors (Lipinski definition) is 1. The fraction of sp³-hybridized carbons (Fsp3) is 0.562. The maximum Gasteiger partial charge on any atom is 0.180 e. The van der Waals surface area contributed by atoms with Gasteiger partial charge in [0.15, 0.2) is 5.78 Å². The summed E-state index contributed by atoms with van der Waals surface area (Å²) < 4.78 is 13.2. The molecule has 1 aromatic carbocycles. The highest BCUT2D eigenvalue weighted by molar-refractivity contribution is 6.00. The smallest absolute Gasteiger partial charge is 0.180 e. The topological polar surface area (TPSA) is 40.5 Å². The van der Waals surface area contributed by atoms with Gasteiger partial charge in [-0.2, -0.15) is 0 Å². The number of likely N-dealkylation sites (tertiary alicyclic amines) is 1. The fourth-order valence-corrected chi connectivity index (χ4v) is 2.91. The molecule has 1 heterocycles. The Morgan fingerprint density at radius 2 is 2.20 bits per heavy atom. The van der Waals surface area contributed by atoms with Gasteiger partial charge >= 0.3 is 0 Å². The van der Waals surface area contributed by atoms with E-state index in [4.69, 9.17) is 0 Å². The molecule has 0 amide bonds. The van der Waals surface area contributed by atoms with Gasteiger partial charge in [0, 0.05) is 6.04 Å². The van der Waals surface area contributed by atoms with Crippen LogP contribution < -0.4 is 0 Å². The van der Waals surface area contributed by atoms with Gasteiger partial charge in [-0.1, -0.05) is 19.8 Å². The maximum atomic E-state index is 13.2. The van der Waals surface area contributed by atoms with Gasteiger partial charge in [-0.05, 0) is 44.0 Å². The summed E-state index contributed by atoms with van der Waals surface area (Å²) in [5.74, 6) is -0.837. The number of nitrogens with zero attached hydrogens (tertiary/aromatic N) is 1. The lowest BCUT2D eigenvalue weighted by Crippen LogP contribution is -2.38. The quantitative estimate of drug-likeness (QED) is 0.859. The van der Waals surface area contributed by atoms with E-state index in [1.807, 2.05) is 0 Å². The van der Waals surface area contributed by atoms with Gasteiger partial charge in [0.2, 0.25) is 0 Å². The molecular formula is C16H22FNO2. The summed E-state index contributed by atoms with van der Waals surface area (Å²) in [6.07, 6.45) is 5.63. The highest BCUT2D eigenvalue weighted by atomic mass is 19.1. The second kappa shape index (κ2) is 6.84. The van der Waals surface area contributed by atoms with Gasteiger partial charge in [-0.3, -0.25) is 9.69 Å². The van der Waals surface area contributed by atoms with Crippen molar-refractivity contribution in [1.29, 1.82) is 0 Å².